The van der Waals surface area contributed by atoms with Gasteiger partial charge in [0, 0.05) is 0 Å². The first-order valence-corrected chi connectivity index (χ1v) is 6.13. The molecule has 1 aromatic carbocycles. The number of rotatable bonds is 7. The second kappa shape index (κ2) is 8.13. The average Bonchev–Trinajstić information content (AvgIpc) is 2.42. The van der Waals surface area contributed by atoms with Crippen molar-refractivity contribution in [3.8, 4) is 11.8 Å². The lowest BCUT2D eigenvalue weighted by Crippen LogP contribution is -2.33. The van der Waals surface area contributed by atoms with Crippen LogP contribution in [0.25, 0.3) is 0 Å². The second-order valence-electron chi connectivity index (χ2n) is 3.92. The SMILES string of the molecule is CCCC(C#N)C(=O)NCCOc1ccccc1. The summed E-state index contributed by atoms with van der Waals surface area (Å²) < 4.78 is 5.43. The third-order valence-corrected chi connectivity index (χ3v) is 2.46. The van der Waals surface area contributed by atoms with Gasteiger partial charge >= 0.3 is 0 Å². The van der Waals surface area contributed by atoms with Crippen LogP contribution in [0.3, 0.4) is 0 Å². The van der Waals surface area contributed by atoms with Gasteiger partial charge in [0.1, 0.15) is 18.3 Å². The Bertz CT molecular complexity index is 398. The minimum Gasteiger partial charge on any atom is -0.492 e. The first-order chi connectivity index (χ1) is 8.77. The molecule has 1 rings (SSSR count). The van der Waals surface area contributed by atoms with Crippen molar-refractivity contribution in [3.05, 3.63) is 30.3 Å². The third kappa shape index (κ3) is 4.88. The van der Waals surface area contributed by atoms with Gasteiger partial charge < -0.3 is 10.1 Å². The molecule has 18 heavy (non-hydrogen) atoms. The van der Waals surface area contributed by atoms with Crippen LogP contribution in [0.4, 0.5) is 0 Å². The first-order valence-electron chi connectivity index (χ1n) is 6.13. The molecule has 1 atom stereocenters. The zero-order chi connectivity index (χ0) is 13.2. The standard InChI is InChI=1S/C14H18N2O2/c1-2-6-12(11-15)14(17)16-9-10-18-13-7-4-3-5-8-13/h3-5,7-8,12H,2,6,9-10H2,1H3,(H,16,17). The van der Waals surface area contributed by atoms with Gasteiger partial charge in [-0.15, -0.1) is 0 Å². The maximum atomic E-state index is 11.6. The molecule has 0 heterocycles. The second-order valence-corrected chi connectivity index (χ2v) is 3.92. The number of amides is 1. The van der Waals surface area contributed by atoms with Crippen LogP contribution in [0.15, 0.2) is 30.3 Å². The van der Waals surface area contributed by atoms with Crippen LogP contribution in [0, 0.1) is 17.2 Å². The molecule has 0 aliphatic rings. The van der Waals surface area contributed by atoms with Crippen LogP contribution >= 0.6 is 0 Å². The highest BCUT2D eigenvalue weighted by molar-refractivity contribution is 5.80. The van der Waals surface area contributed by atoms with Crippen LogP contribution in [-0.2, 0) is 4.79 Å². The highest BCUT2D eigenvalue weighted by Gasteiger charge is 2.15. The molecule has 0 radical (unpaired) electrons. The molecule has 0 saturated carbocycles. The maximum Gasteiger partial charge on any atom is 0.237 e. The fraction of sp³-hybridized carbons (Fsp3) is 0.429. The van der Waals surface area contributed by atoms with E-state index in [0.717, 1.165) is 12.2 Å². The predicted octanol–water partition coefficient (Wildman–Crippen LogP) is 2.12. The number of hydrogen-bond donors (Lipinski definition) is 1. The molecule has 1 unspecified atom stereocenters. The molecule has 1 amide bonds. The Morgan fingerprint density at radius 2 is 2.17 bits per heavy atom. The molecule has 4 heteroatoms. The Hall–Kier alpha value is -2.02. The summed E-state index contributed by atoms with van der Waals surface area (Å²) in [6, 6.07) is 11.4. The van der Waals surface area contributed by atoms with Gasteiger partial charge in [0.15, 0.2) is 0 Å². The van der Waals surface area contributed by atoms with Gasteiger partial charge in [-0.1, -0.05) is 31.5 Å². The lowest BCUT2D eigenvalue weighted by Gasteiger charge is -2.10. The quantitative estimate of drug-likeness (QED) is 0.749. The lowest BCUT2D eigenvalue weighted by atomic mass is 10.1. The van der Waals surface area contributed by atoms with E-state index >= 15 is 0 Å². The number of nitrogens with one attached hydrogen (secondary N) is 1. The van der Waals surface area contributed by atoms with E-state index in [1.54, 1.807) is 0 Å². The summed E-state index contributed by atoms with van der Waals surface area (Å²) in [5, 5.41) is 11.5. The molecule has 1 aromatic rings. The van der Waals surface area contributed by atoms with E-state index < -0.39 is 5.92 Å². The monoisotopic (exact) mass is 246 g/mol. The minimum absolute atomic E-state index is 0.212. The van der Waals surface area contributed by atoms with E-state index in [1.165, 1.54) is 0 Å². The largest absolute Gasteiger partial charge is 0.492 e. The van der Waals surface area contributed by atoms with Gasteiger partial charge in [-0.3, -0.25) is 4.79 Å². The van der Waals surface area contributed by atoms with E-state index in [4.69, 9.17) is 10.00 Å². The Kier molecular flexibility index (Phi) is 6.34. The molecule has 96 valence electrons. The minimum atomic E-state index is -0.549. The molecule has 0 aliphatic heterocycles. The van der Waals surface area contributed by atoms with Crippen LogP contribution < -0.4 is 10.1 Å². The van der Waals surface area contributed by atoms with Crippen molar-refractivity contribution in [3.63, 3.8) is 0 Å². The molecular weight excluding hydrogens is 228 g/mol. The van der Waals surface area contributed by atoms with E-state index in [2.05, 4.69) is 5.32 Å². The van der Waals surface area contributed by atoms with Gasteiger partial charge in [0.05, 0.1) is 12.6 Å². The van der Waals surface area contributed by atoms with Crippen LogP contribution in [0.1, 0.15) is 19.8 Å². The van der Waals surface area contributed by atoms with Crippen molar-refractivity contribution in [1.29, 1.82) is 5.26 Å². The van der Waals surface area contributed by atoms with Crippen molar-refractivity contribution in [1.82, 2.24) is 5.32 Å². The topological polar surface area (TPSA) is 62.1 Å². The average molecular weight is 246 g/mol. The molecule has 0 aromatic heterocycles. The summed E-state index contributed by atoms with van der Waals surface area (Å²) in [5.74, 6) is 0.0138. The molecule has 0 fully saturated rings. The van der Waals surface area contributed by atoms with Gasteiger partial charge in [-0.05, 0) is 18.6 Å². The lowest BCUT2D eigenvalue weighted by molar-refractivity contribution is -0.123. The van der Waals surface area contributed by atoms with Crippen LogP contribution in [-0.4, -0.2) is 19.1 Å². The number of para-hydroxylation sites is 1. The molecule has 0 spiro atoms. The molecular formula is C14H18N2O2. The molecule has 0 saturated heterocycles. The maximum absolute atomic E-state index is 11.6. The Morgan fingerprint density at radius 3 is 2.78 bits per heavy atom. The molecule has 0 bridgehead atoms. The number of nitriles is 1. The number of hydrogen-bond acceptors (Lipinski definition) is 3. The summed E-state index contributed by atoms with van der Waals surface area (Å²) in [5.41, 5.74) is 0. The summed E-state index contributed by atoms with van der Waals surface area (Å²) in [7, 11) is 0. The van der Waals surface area contributed by atoms with Crippen molar-refractivity contribution in [2.45, 2.75) is 19.8 Å². The van der Waals surface area contributed by atoms with Crippen LogP contribution in [0.5, 0.6) is 5.75 Å². The van der Waals surface area contributed by atoms with Gasteiger partial charge in [-0.25, -0.2) is 0 Å². The smallest absolute Gasteiger partial charge is 0.237 e. The van der Waals surface area contributed by atoms with Crippen molar-refractivity contribution in [2.75, 3.05) is 13.2 Å². The number of nitrogens with zero attached hydrogens (tertiary/aromatic N) is 1. The normalized spacial score (nSPS) is 11.3. The van der Waals surface area contributed by atoms with Gasteiger partial charge in [0.2, 0.25) is 5.91 Å². The summed E-state index contributed by atoms with van der Waals surface area (Å²) >= 11 is 0. The summed E-state index contributed by atoms with van der Waals surface area (Å²) in [6.45, 7) is 2.77. The third-order valence-electron chi connectivity index (χ3n) is 2.46. The van der Waals surface area contributed by atoms with E-state index in [9.17, 15) is 4.79 Å². The highest BCUT2D eigenvalue weighted by atomic mass is 16.5. The number of carbonyl (C=O) groups is 1. The van der Waals surface area contributed by atoms with Crippen LogP contribution in [0.2, 0.25) is 0 Å². The molecule has 1 N–H and O–H groups in total. The summed E-state index contributed by atoms with van der Waals surface area (Å²) in [4.78, 5) is 11.6. The van der Waals surface area contributed by atoms with Crippen molar-refractivity contribution < 1.29 is 9.53 Å². The van der Waals surface area contributed by atoms with Gasteiger partial charge in [0.25, 0.3) is 0 Å². The Balaban J connectivity index is 2.22. The highest BCUT2D eigenvalue weighted by Crippen LogP contribution is 2.07. The van der Waals surface area contributed by atoms with E-state index in [0.29, 0.717) is 19.6 Å². The first kappa shape index (κ1) is 14.0. The molecule has 4 nitrogen and oxygen atoms in total. The number of ether oxygens (including phenoxy) is 1. The van der Waals surface area contributed by atoms with Crippen molar-refractivity contribution >= 4 is 5.91 Å². The zero-order valence-corrected chi connectivity index (χ0v) is 10.6. The zero-order valence-electron chi connectivity index (χ0n) is 10.6. The number of benzene rings is 1. The van der Waals surface area contributed by atoms with Crippen molar-refractivity contribution in [2.24, 2.45) is 5.92 Å². The van der Waals surface area contributed by atoms with Gasteiger partial charge in [-0.2, -0.15) is 5.26 Å². The number of carbonyl (C=O) groups excluding carboxylic acids is 1. The fourth-order valence-corrected chi connectivity index (χ4v) is 1.53. The predicted molar refractivity (Wildman–Crippen MR) is 69.0 cm³/mol. The molecule has 0 aliphatic carbocycles. The summed E-state index contributed by atoms with van der Waals surface area (Å²) in [6.07, 6.45) is 1.42. The van der Waals surface area contributed by atoms with E-state index in [1.807, 2.05) is 43.3 Å². The fourth-order valence-electron chi connectivity index (χ4n) is 1.53. The Labute approximate surface area is 108 Å². The Morgan fingerprint density at radius 1 is 1.44 bits per heavy atom. The van der Waals surface area contributed by atoms with E-state index in [-0.39, 0.29) is 5.91 Å².